The fraction of sp³-hybridized carbons (Fsp3) is 0.667. The van der Waals surface area contributed by atoms with E-state index in [4.69, 9.17) is 5.11 Å². The SMILES string of the molecule is O=CC(O)CF. The topological polar surface area (TPSA) is 37.3 Å². The van der Waals surface area contributed by atoms with Crippen LogP contribution in [0.1, 0.15) is 0 Å². The first-order valence-corrected chi connectivity index (χ1v) is 1.50. The Kier molecular flexibility index (Phi) is 2.58. The van der Waals surface area contributed by atoms with Crippen molar-refractivity contribution >= 4 is 6.29 Å². The molecule has 1 atom stereocenters. The Bertz CT molecular complexity index is 46.1. The molecule has 0 aromatic heterocycles. The lowest BCUT2D eigenvalue weighted by molar-refractivity contribution is -0.115. The van der Waals surface area contributed by atoms with Gasteiger partial charge in [0.25, 0.3) is 0 Å². The molecule has 0 radical (unpaired) electrons. The average Bonchev–Trinajstić information content (AvgIpc) is 1.65. The van der Waals surface area contributed by atoms with Gasteiger partial charge >= 0.3 is 0 Å². The maximum absolute atomic E-state index is 10.9. The van der Waals surface area contributed by atoms with Gasteiger partial charge in [0.05, 0.1) is 0 Å². The summed E-state index contributed by atoms with van der Waals surface area (Å²) in [5.41, 5.74) is 0. The van der Waals surface area contributed by atoms with E-state index >= 15 is 0 Å². The van der Waals surface area contributed by atoms with E-state index < -0.39 is 12.8 Å². The van der Waals surface area contributed by atoms with Crippen LogP contribution >= 0.6 is 0 Å². The molecular weight excluding hydrogens is 87.0 g/mol. The van der Waals surface area contributed by atoms with Crippen molar-refractivity contribution in [3.05, 3.63) is 0 Å². The van der Waals surface area contributed by atoms with Gasteiger partial charge in [-0.15, -0.1) is 0 Å². The number of aldehydes is 1. The fourth-order valence-corrected chi connectivity index (χ4v) is 0.0364. The molecule has 36 valence electrons. The molecule has 6 heavy (non-hydrogen) atoms. The molecule has 1 unspecified atom stereocenters. The number of alkyl halides is 1. The van der Waals surface area contributed by atoms with Crippen molar-refractivity contribution in [2.24, 2.45) is 0 Å². The summed E-state index contributed by atoms with van der Waals surface area (Å²) < 4.78 is 10.9. The second kappa shape index (κ2) is 2.78. The van der Waals surface area contributed by atoms with Crippen LogP contribution in [0.4, 0.5) is 4.39 Å². The van der Waals surface area contributed by atoms with Gasteiger partial charge in [-0.25, -0.2) is 4.39 Å². The van der Waals surface area contributed by atoms with Crippen LogP contribution < -0.4 is 0 Å². The molecule has 0 fully saturated rings. The average molecular weight is 92.1 g/mol. The Hall–Kier alpha value is -0.440. The van der Waals surface area contributed by atoms with Crippen LogP contribution in [0.5, 0.6) is 0 Å². The summed E-state index contributed by atoms with van der Waals surface area (Å²) in [4.78, 5) is 9.25. The Balaban J connectivity index is 2.96. The van der Waals surface area contributed by atoms with Crippen LogP contribution in [0.3, 0.4) is 0 Å². The van der Waals surface area contributed by atoms with E-state index in [2.05, 4.69) is 0 Å². The third-order valence-corrected chi connectivity index (χ3v) is 0.315. The van der Waals surface area contributed by atoms with Gasteiger partial charge in [0.2, 0.25) is 0 Å². The molecule has 0 aromatic carbocycles. The van der Waals surface area contributed by atoms with Crippen LogP contribution in [-0.2, 0) is 4.79 Å². The summed E-state index contributed by atoms with van der Waals surface area (Å²) in [6.07, 6.45) is -1.26. The Morgan fingerprint density at radius 2 is 2.50 bits per heavy atom. The van der Waals surface area contributed by atoms with Crippen molar-refractivity contribution in [1.82, 2.24) is 0 Å². The largest absolute Gasteiger partial charge is 0.383 e. The number of aliphatic hydroxyl groups excluding tert-OH is 1. The summed E-state index contributed by atoms with van der Waals surface area (Å²) in [5.74, 6) is 0. The van der Waals surface area contributed by atoms with Crippen molar-refractivity contribution in [2.75, 3.05) is 6.67 Å². The first-order chi connectivity index (χ1) is 2.81. The van der Waals surface area contributed by atoms with Gasteiger partial charge in [-0.3, -0.25) is 0 Å². The maximum Gasteiger partial charge on any atom is 0.151 e. The van der Waals surface area contributed by atoms with Gasteiger partial charge in [0.1, 0.15) is 12.8 Å². The molecule has 2 nitrogen and oxygen atoms in total. The highest BCUT2D eigenvalue weighted by Crippen LogP contribution is 1.73. The van der Waals surface area contributed by atoms with Gasteiger partial charge in [0, 0.05) is 0 Å². The molecule has 0 saturated heterocycles. The first kappa shape index (κ1) is 5.56. The molecule has 3 heteroatoms. The Labute approximate surface area is 34.6 Å². The van der Waals surface area contributed by atoms with E-state index in [1.807, 2.05) is 0 Å². The first-order valence-electron chi connectivity index (χ1n) is 1.50. The number of hydrogen-bond donors (Lipinski definition) is 1. The molecule has 0 saturated carbocycles. The minimum atomic E-state index is -1.41. The summed E-state index contributed by atoms with van der Waals surface area (Å²) in [5, 5.41) is 7.92. The minimum absolute atomic E-state index is 0.153. The molecule has 0 aliphatic carbocycles. The highest BCUT2D eigenvalue weighted by Gasteiger charge is 1.94. The molecule has 0 spiro atoms. The summed E-state index contributed by atoms with van der Waals surface area (Å²) in [6.45, 7) is -0.983. The number of hydrogen-bond acceptors (Lipinski definition) is 2. The molecule has 0 bridgehead atoms. The van der Waals surface area contributed by atoms with Crippen LogP contribution in [0.25, 0.3) is 0 Å². The predicted molar refractivity (Wildman–Crippen MR) is 18.0 cm³/mol. The lowest BCUT2D eigenvalue weighted by Gasteiger charge is -1.86. The molecule has 1 N–H and O–H groups in total. The molecule has 0 aromatic rings. The van der Waals surface area contributed by atoms with Gasteiger partial charge in [-0.2, -0.15) is 0 Å². The van der Waals surface area contributed by atoms with Crippen molar-refractivity contribution in [3.63, 3.8) is 0 Å². The van der Waals surface area contributed by atoms with E-state index in [1.54, 1.807) is 0 Å². The van der Waals surface area contributed by atoms with E-state index in [0.717, 1.165) is 0 Å². The standard InChI is InChI=1S/C3H5FO2/c4-1-3(6)2-5/h2-3,6H,1H2. The Morgan fingerprint density at radius 1 is 2.00 bits per heavy atom. The Morgan fingerprint density at radius 3 is 2.50 bits per heavy atom. The smallest absolute Gasteiger partial charge is 0.151 e. The van der Waals surface area contributed by atoms with Crippen LogP contribution in [0, 0.1) is 0 Å². The van der Waals surface area contributed by atoms with Gasteiger partial charge < -0.3 is 9.90 Å². The van der Waals surface area contributed by atoms with Crippen molar-refractivity contribution in [2.45, 2.75) is 6.10 Å². The van der Waals surface area contributed by atoms with Gasteiger partial charge in [-0.05, 0) is 0 Å². The van der Waals surface area contributed by atoms with Crippen LogP contribution in [0.15, 0.2) is 0 Å². The van der Waals surface area contributed by atoms with Crippen molar-refractivity contribution in [3.8, 4) is 0 Å². The predicted octanol–water partition coefficient (Wildman–Crippen LogP) is -0.484. The monoisotopic (exact) mass is 92.0 g/mol. The second-order valence-electron chi connectivity index (χ2n) is 0.858. The fourth-order valence-electron chi connectivity index (χ4n) is 0.0364. The van der Waals surface area contributed by atoms with Gasteiger partial charge in [0.15, 0.2) is 6.29 Å². The van der Waals surface area contributed by atoms with Crippen molar-refractivity contribution < 1.29 is 14.3 Å². The third kappa shape index (κ3) is 1.84. The quantitative estimate of drug-likeness (QED) is 0.467. The summed E-state index contributed by atoms with van der Waals surface area (Å²) >= 11 is 0. The molecule has 0 aliphatic rings. The number of aliphatic hydroxyl groups is 1. The van der Waals surface area contributed by atoms with Gasteiger partial charge in [-0.1, -0.05) is 0 Å². The van der Waals surface area contributed by atoms with E-state index in [0.29, 0.717) is 0 Å². The number of carbonyl (C=O) groups excluding carboxylic acids is 1. The van der Waals surface area contributed by atoms with Crippen LogP contribution in [0.2, 0.25) is 0 Å². The highest BCUT2D eigenvalue weighted by molar-refractivity contribution is 5.55. The molecule has 0 amide bonds. The minimum Gasteiger partial charge on any atom is -0.383 e. The maximum atomic E-state index is 10.9. The third-order valence-electron chi connectivity index (χ3n) is 0.315. The van der Waals surface area contributed by atoms with E-state index in [9.17, 15) is 9.18 Å². The number of rotatable bonds is 2. The second-order valence-corrected chi connectivity index (χ2v) is 0.858. The zero-order chi connectivity index (χ0) is 4.99. The molecule has 0 aliphatic heterocycles. The normalized spacial score (nSPS) is 13.7. The number of carbonyl (C=O) groups is 1. The lowest BCUT2D eigenvalue weighted by Crippen LogP contribution is -2.08. The highest BCUT2D eigenvalue weighted by atomic mass is 19.1. The molecular formula is C3H5FO2. The summed E-state index contributed by atoms with van der Waals surface area (Å²) in [6, 6.07) is 0. The van der Waals surface area contributed by atoms with Crippen molar-refractivity contribution in [1.29, 1.82) is 0 Å². The zero-order valence-corrected chi connectivity index (χ0v) is 3.10. The van der Waals surface area contributed by atoms with E-state index in [-0.39, 0.29) is 6.29 Å². The molecule has 0 rings (SSSR count). The molecule has 0 heterocycles. The van der Waals surface area contributed by atoms with Crippen LogP contribution in [-0.4, -0.2) is 24.2 Å². The van der Waals surface area contributed by atoms with E-state index in [1.165, 1.54) is 0 Å². The number of halogens is 1. The lowest BCUT2D eigenvalue weighted by atomic mass is 10.5. The zero-order valence-electron chi connectivity index (χ0n) is 3.10. The summed E-state index contributed by atoms with van der Waals surface area (Å²) in [7, 11) is 0.